The van der Waals surface area contributed by atoms with E-state index in [9.17, 15) is 4.79 Å². The lowest BCUT2D eigenvalue weighted by Crippen LogP contribution is -2.52. The fraction of sp³-hybridized carbons (Fsp3) is 0.296. The summed E-state index contributed by atoms with van der Waals surface area (Å²) in [5.74, 6) is 0.246. The predicted molar refractivity (Wildman–Crippen MR) is 122 cm³/mol. The molecule has 3 heteroatoms. The number of hydrogen-bond acceptors (Lipinski definition) is 2. The maximum absolute atomic E-state index is 13.2. The number of rotatable bonds is 7. The smallest absolute Gasteiger partial charge is 0.227 e. The van der Waals surface area contributed by atoms with E-state index in [1.54, 1.807) is 0 Å². The zero-order valence-corrected chi connectivity index (χ0v) is 17.7. The molecule has 3 nitrogen and oxygen atoms in total. The van der Waals surface area contributed by atoms with Crippen LogP contribution in [-0.4, -0.2) is 28.3 Å². The monoisotopic (exact) mass is 398 g/mol. The maximum Gasteiger partial charge on any atom is 0.227 e. The highest BCUT2D eigenvalue weighted by atomic mass is 16.2. The van der Waals surface area contributed by atoms with Gasteiger partial charge in [-0.1, -0.05) is 97.9 Å². The molecule has 154 valence electrons. The summed E-state index contributed by atoms with van der Waals surface area (Å²) in [6, 6.07) is 31.7. The lowest BCUT2D eigenvalue weighted by atomic mass is 9.90. The number of carbonyl (C=O) groups is 1. The van der Waals surface area contributed by atoms with Gasteiger partial charge in [-0.3, -0.25) is 9.69 Å². The molecule has 30 heavy (non-hydrogen) atoms. The fourth-order valence-corrected chi connectivity index (χ4v) is 4.49. The Labute approximate surface area is 180 Å². The first-order valence-corrected chi connectivity index (χ1v) is 10.9. The van der Waals surface area contributed by atoms with Gasteiger partial charge in [-0.05, 0) is 23.1 Å². The van der Waals surface area contributed by atoms with Gasteiger partial charge in [0, 0.05) is 32.2 Å². The van der Waals surface area contributed by atoms with Gasteiger partial charge in [0.2, 0.25) is 5.91 Å². The van der Waals surface area contributed by atoms with E-state index in [0.29, 0.717) is 6.54 Å². The summed E-state index contributed by atoms with van der Waals surface area (Å²) in [5, 5.41) is 0. The van der Waals surface area contributed by atoms with Crippen LogP contribution in [0.1, 0.15) is 30.0 Å². The van der Waals surface area contributed by atoms with Crippen LogP contribution in [0.2, 0.25) is 0 Å². The second-order valence-electron chi connectivity index (χ2n) is 8.27. The number of benzene rings is 3. The highest BCUT2D eigenvalue weighted by Gasteiger charge is 2.36. The number of likely N-dealkylation sites (tertiary alicyclic amines) is 1. The molecule has 1 aliphatic heterocycles. The van der Waals surface area contributed by atoms with Gasteiger partial charge in [0.05, 0.1) is 5.92 Å². The van der Waals surface area contributed by atoms with Crippen molar-refractivity contribution >= 4 is 5.91 Å². The Morgan fingerprint density at radius 2 is 1.23 bits per heavy atom. The molecule has 1 fully saturated rings. The molecule has 0 N–H and O–H groups in total. The zero-order chi connectivity index (χ0) is 20.8. The summed E-state index contributed by atoms with van der Waals surface area (Å²) in [5.41, 5.74) is 3.78. The van der Waals surface area contributed by atoms with E-state index in [1.165, 1.54) is 16.7 Å². The normalized spacial score (nSPS) is 19.3. The minimum atomic E-state index is -0.0186. The van der Waals surface area contributed by atoms with Crippen LogP contribution in [0.15, 0.2) is 91.0 Å². The summed E-state index contributed by atoms with van der Waals surface area (Å²) in [6.07, 6.45) is 0.999. The molecular formula is C27H30N2O. The van der Waals surface area contributed by atoms with E-state index < -0.39 is 0 Å². The molecule has 0 aliphatic carbocycles. The topological polar surface area (TPSA) is 23.6 Å². The van der Waals surface area contributed by atoms with Crippen LogP contribution in [-0.2, 0) is 24.4 Å². The van der Waals surface area contributed by atoms with Gasteiger partial charge in [-0.2, -0.15) is 0 Å². The molecule has 0 radical (unpaired) electrons. The van der Waals surface area contributed by atoms with E-state index in [2.05, 4.69) is 84.6 Å². The summed E-state index contributed by atoms with van der Waals surface area (Å²) in [6.45, 7) is 5.33. The van der Waals surface area contributed by atoms with Crippen LogP contribution in [0.3, 0.4) is 0 Å². The minimum Gasteiger partial charge on any atom is -0.338 e. The molecule has 3 aromatic carbocycles. The molecule has 2 atom stereocenters. The second-order valence-corrected chi connectivity index (χ2v) is 8.27. The average Bonchev–Trinajstić information content (AvgIpc) is 2.79. The summed E-state index contributed by atoms with van der Waals surface area (Å²) in [4.78, 5) is 17.8. The van der Waals surface area contributed by atoms with Gasteiger partial charge in [-0.15, -0.1) is 0 Å². The molecule has 1 aliphatic rings. The SMILES string of the molecule is C[C@@H]1C(=O)N(Cc2ccccc2)CC[C@H]1N(Cc1ccccc1)Cc1ccccc1. The van der Waals surface area contributed by atoms with Crippen molar-refractivity contribution in [1.29, 1.82) is 0 Å². The van der Waals surface area contributed by atoms with E-state index in [4.69, 9.17) is 0 Å². The van der Waals surface area contributed by atoms with Crippen molar-refractivity contribution in [3.05, 3.63) is 108 Å². The highest BCUT2D eigenvalue weighted by molar-refractivity contribution is 5.80. The summed E-state index contributed by atoms with van der Waals surface area (Å²) >= 11 is 0. The van der Waals surface area contributed by atoms with Crippen molar-refractivity contribution in [1.82, 2.24) is 9.80 Å². The first kappa shape index (κ1) is 20.4. The molecule has 3 aromatic rings. The molecule has 0 aromatic heterocycles. The predicted octanol–water partition coefficient (Wildman–Crippen LogP) is 5.13. The van der Waals surface area contributed by atoms with Crippen LogP contribution in [0.5, 0.6) is 0 Å². The molecule has 1 saturated heterocycles. The van der Waals surface area contributed by atoms with Crippen molar-refractivity contribution in [3.63, 3.8) is 0 Å². The van der Waals surface area contributed by atoms with E-state index in [0.717, 1.165) is 26.1 Å². The van der Waals surface area contributed by atoms with Crippen LogP contribution in [0, 0.1) is 5.92 Å². The zero-order valence-electron chi connectivity index (χ0n) is 17.7. The second kappa shape index (κ2) is 9.73. The molecule has 1 amide bonds. The number of nitrogens with zero attached hydrogens (tertiary/aromatic N) is 2. The Balaban J connectivity index is 1.50. The molecule has 0 unspecified atom stereocenters. The molecule has 1 heterocycles. The van der Waals surface area contributed by atoms with E-state index >= 15 is 0 Å². The summed E-state index contributed by atoms with van der Waals surface area (Å²) in [7, 11) is 0. The van der Waals surface area contributed by atoms with Crippen molar-refractivity contribution in [3.8, 4) is 0 Å². The summed E-state index contributed by atoms with van der Waals surface area (Å²) < 4.78 is 0. The first-order valence-electron chi connectivity index (χ1n) is 10.9. The number of amides is 1. The lowest BCUT2D eigenvalue weighted by molar-refractivity contribution is -0.142. The molecule has 0 spiro atoms. The molecule has 0 bridgehead atoms. The quantitative estimate of drug-likeness (QED) is 0.551. The van der Waals surface area contributed by atoms with Crippen molar-refractivity contribution in [2.24, 2.45) is 5.92 Å². The Hall–Kier alpha value is -2.91. The van der Waals surface area contributed by atoms with Gasteiger partial charge in [-0.25, -0.2) is 0 Å². The number of piperidine rings is 1. The number of hydrogen-bond donors (Lipinski definition) is 0. The Morgan fingerprint density at radius 1 is 0.767 bits per heavy atom. The van der Waals surface area contributed by atoms with E-state index in [1.807, 2.05) is 23.1 Å². The average molecular weight is 399 g/mol. The Bertz CT molecular complexity index is 885. The highest BCUT2D eigenvalue weighted by Crippen LogP contribution is 2.27. The molecule has 4 rings (SSSR count). The third-order valence-electron chi connectivity index (χ3n) is 6.12. The van der Waals surface area contributed by atoms with Crippen LogP contribution in [0.25, 0.3) is 0 Å². The van der Waals surface area contributed by atoms with Crippen molar-refractivity contribution in [2.45, 2.75) is 39.0 Å². The van der Waals surface area contributed by atoms with Gasteiger partial charge in [0.1, 0.15) is 0 Å². The van der Waals surface area contributed by atoms with Crippen LogP contribution >= 0.6 is 0 Å². The molecular weight excluding hydrogens is 368 g/mol. The maximum atomic E-state index is 13.2. The van der Waals surface area contributed by atoms with Crippen LogP contribution in [0.4, 0.5) is 0 Å². The van der Waals surface area contributed by atoms with Crippen molar-refractivity contribution < 1.29 is 4.79 Å². The number of carbonyl (C=O) groups excluding carboxylic acids is 1. The van der Waals surface area contributed by atoms with Gasteiger partial charge >= 0.3 is 0 Å². The van der Waals surface area contributed by atoms with Gasteiger partial charge in [0.25, 0.3) is 0 Å². The van der Waals surface area contributed by atoms with Crippen molar-refractivity contribution in [2.75, 3.05) is 6.54 Å². The molecule has 0 saturated carbocycles. The van der Waals surface area contributed by atoms with Gasteiger partial charge in [0.15, 0.2) is 0 Å². The largest absolute Gasteiger partial charge is 0.338 e. The lowest BCUT2D eigenvalue weighted by Gasteiger charge is -2.42. The first-order chi connectivity index (χ1) is 14.7. The third-order valence-corrected chi connectivity index (χ3v) is 6.12. The van der Waals surface area contributed by atoms with E-state index in [-0.39, 0.29) is 17.9 Å². The Morgan fingerprint density at radius 3 is 1.73 bits per heavy atom. The third kappa shape index (κ3) is 4.98. The van der Waals surface area contributed by atoms with Gasteiger partial charge < -0.3 is 4.90 Å². The Kier molecular flexibility index (Phi) is 6.60. The minimum absolute atomic E-state index is 0.0186. The standard InChI is InChI=1S/C27H30N2O/c1-22-26(17-18-28(27(22)30)19-23-11-5-2-6-12-23)29(20-24-13-7-3-8-14-24)21-25-15-9-4-10-16-25/h2-16,22,26H,17-21H2,1H3/t22-,26+/m0/s1. The van der Waals surface area contributed by atoms with Crippen LogP contribution < -0.4 is 0 Å². The fourth-order valence-electron chi connectivity index (χ4n) is 4.49.